The molecule has 0 aromatic rings. The smallest absolute Gasteiger partial charge is 0.303 e. The van der Waals surface area contributed by atoms with Gasteiger partial charge in [-0.25, -0.2) is 0 Å². The molecule has 2 saturated heterocycles. The van der Waals surface area contributed by atoms with E-state index in [1.807, 2.05) is 18.7 Å². The van der Waals surface area contributed by atoms with Gasteiger partial charge in [-0.15, -0.1) is 0 Å². The molecule has 0 aromatic heterocycles. The maximum atomic E-state index is 12.4. The summed E-state index contributed by atoms with van der Waals surface area (Å²) < 4.78 is 0. The third kappa shape index (κ3) is 4.19. The van der Waals surface area contributed by atoms with E-state index < -0.39 is 11.4 Å². The van der Waals surface area contributed by atoms with E-state index >= 15 is 0 Å². The number of nitrogens with zero attached hydrogens (tertiary/aromatic N) is 1. The third-order valence-electron chi connectivity index (χ3n) is 4.43. The van der Waals surface area contributed by atoms with E-state index in [1.54, 1.807) is 0 Å². The van der Waals surface area contributed by atoms with Gasteiger partial charge in [0.15, 0.2) is 0 Å². The van der Waals surface area contributed by atoms with E-state index in [4.69, 9.17) is 5.11 Å². The molecule has 0 aromatic carbocycles. The van der Waals surface area contributed by atoms with Crippen LogP contribution < -0.4 is 5.32 Å². The van der Waals surface area contributed by atoms with Crippen molar-refractivity contribution in [3.05, 3.63) is 0 Å². The molecule has 0 saturated carbocycles. The average Bonchev–Trinajstić information content (AvgIpc) is 2.35. The lowest BCUT2D eigenvalue weighted by atomic mass is 9.82. The van der Waals surface area contributed by atoms with Gasteiger partial charge in [0, 0.05) is 32.0 Å². The van der Waals surface area contributed by atoms with Crippen LogP contribution in [0.5, 0.6) is 0 Å². The predicted octanol–water partition coefficient (Wildman–Crippen LogP) is 1.00. The topological polar surface area (TPSA) is 86.7 Å². The van der Waals surface area contributed by atoms with Crippen LogP contribution in [0.3, 0.4) is 0 Å². The van der Waals surface area contributed by atoms with Crippen LogP contribution in [-0.2, 0) is 14.4 Å². The molecule has 0 spiro atoms. The van der Waals surface area contributed by atoms with E-state index in [2.05, 4.69) is 5.32 Å². The monoisotopic (exact) mass is 296 g/mol. The first-order valence-electron chi connectivity index (χ1n) is 7.56. The van der Waals surface area contributed by atoms with Gasteiger partial charge in [-0.1, -0.05) is 13.8 Å². The molecule has 2 aliphatic rings. The zero-order chi connectivity index (χ0) is 15.6. The van der Waals surface area contributed by atoms with E-state index in [-0.39, 0.29) is 30.7 Å². The Morgan fingerprint density at radius 2 is 2.05 bits per heavy atom. The molecular formula is C15H24N2O4. The number of rotatable bonds is 4. The van der Waals surface area contributed by atoms with Gasteiger partial charge in [-0.05, 0) is 24.2 Å². The Bertz CT molecular complexity index is 447. The molecule has 2 aliphatic heterocycles. The van der Waals surface area contributed by atoms with Crippen molar-refractivity contribution in [1.29, 1.82) is 0 Å². The SMILES string of the molecule is CC(C)(CC(=O)O)CC(=O)N1CCC2NC(=O)CCC2C1. The van der Waals surface area contributed by atoms with E-state index in [0.29, 0.717) is 25.4 Å². The summed E-state index contributed by atoms with van der Waals surface area (Å²) in [5.41, 5.74) is -0.527. The fourth-order valence-electron chi connectivity index (χ4n) is 3.33. The summed E-state index contributed by atoms with van der Waals surface area (Å²) in [6.07, 6.45) is 2.41. The highest BCUT2D eigenvalue weighted by Crippen LogP contribution is 2.29. The standard InChI is InChI=1S/C15H24N2O4/c1-15(2,8-14(20)21)7-13(19)17-6-5-11-10(9-17)3-4-12(18)16-11/h10-11H,3-9H2,1-2H3,(H,16,18)(H,20,21). The number of carbonyl (C=O) groups excluding carboxylic acids is 2. The van der Waals surface area contributed by atoms with Gasteiger partial charge in [0.1, 0.15) is 0 Å². The number of piperidine rings is 2. The molecule has 21 heavy (non-hydrogen) atoms. The first-order valence-corrected chi connectivity index (χ1v) is 7.56. The molecule has 2 fully saturated rings. The van der Waals surface area contributed by atoms with Crippen LogP contribution in [0.25, 0.3) is 0 Å². The van der Waals surface area contributed by atoms with Crippen molar-refractivity contribution in [1.82, 2.24) is 10.2 Å². The van der Waals surface area contributed by atoms with Crippen molar-refractivity contribution in [2.24, 2.45) is 11.3 Å². The van der Waals surface area contributed by atoms with Crippen LogP contribution in [0.15, 0.2) is 0 Å². The maximum Gasteiger partial charge on any atom is 0.303 e. The molecule has 0 aliphatic carbocycles. The molecule has 0 radical (unpaired) electrons. The van der Waals surface area contributed by atoms with Crippen molar-refractivity contribution >= 4 is 17.8 Å². The summed E-state index contributed by atoms with van der Waals surface area (Å²) in [5.74, 6) is -0.403. The van der Waals surface area contributed by atoms with Gasteiger partial charge in [0.25, 0.3) is 0 Å². The normalized spacial score (nSPS) is 26.0. The Hall–Kier alpha value is -1.59. The Morgan fingerprint density at radius 3 is 2.71 bits per heavy atom. The van der Waals surface area contributed by atoms with Crippen molar-refractivity contribution in [2.75, 3.05) is 13.1 Å². The number of amides is 2. The molecular weight excluding hydrogens is 272 g/mol. The second-order valence-electron chi connectivity index (χ2n) is 7.01. The molecule has 2 rings (SSSR count). The number of likely N-dealkylation sites (tertiary alicyclic amines) is 1. The summed E-state index contributed by atoms with van der Waals surface area (Å²) in [5, 5.41) is 11.9. The second-order valence-corrected chi connectivity index (χ2v) is 7.01. The zero-order valence-corrected chi connectivity index (χ0v) is 12.7. The fourth-order valence-corrected chi connectivity index (χ4v) is 3.33. The predicted molar refractivity (Wildman–Crippen MR) is 76.5 cm³/mol. The van der Waals surface area contributed by atoms with Gasteiger partial charge >= 0.3 is 5.97 Å². The highest BCUT2D eigenvalue weighted by molar-refractivity contribution is 5.79. The quantitative estimate of drug-likeness (QED) is 0.810. The van der Waals surface area contributed by atoms with Crippen LogP contribution in [-0.4, -0.2) is 46.9 Å². The number of fused-ring (bicyclic) bond motifs is 1. The van der Waals surface area contributed by atoms with Gasteiger partial charge in [0.2, 0.25) is 11.8 Å². The summed E-state index contributed by atoms with van der Waals surface area (Å²) in [7, 11) is 0. The van der Waals surface area contributed by atoms with Gasteiger partial charge in [0.05, 0.1) is 6.42 Å². The lowest BCUT2D eigenvalue weighted by Gasteiger charge is -2.42. The van der Waals surface area contributed by atoms with E-state index in [1.165, 1.54) is 0 Å². The van der Waals surface area contributed by atoms with Gasteiger partial charge in [-0.3, -0.25) is 14.4 Å². The Labute approximate surface area is 124 Å². The van der Waals surface area contributed by atoms with E-state index in [9.17, 15) is 14.4 Å². The molecule has 2 amide bonds. The zero-order valence-electron chi connectivity index (χ0n) is 12.7. The largest absolute Gasteiger partial charge is 0.481 e. The second kappa shape index (κ2) is 6.03. The van der Waals surface area contributed by atoms with Gasteiger partial charge in [-0.2, -0.15) is 0 Å². The van der Waals surface area contributed by atoms with Crippen LogP contribution in [0.4, 0.5) is 0 Å². The Kier molecular flexibility index (Phi) is 4.54. The highest BCUT2D eigenvalue weighted by Gasteiger charge is 2.36. The summed E-state index contributed by atoms with van der Waals surface area (Å²) in [6, 6.07) is 0.197. The highest BCUT2D eigenvalue weighted by atomic mass is 16.4. The van der Waals surface area contributed by atoms with Crippen LogP contribution in [0, 0.1) is 11.3 Å². The van der Waals surface area contributed by atoms with Gasteiger partial charge < -0.3 is 15.3 Å². The average molecular weight is 296 g/mol. The number of carboxylic acids is 1. The minimum absolute atomic E-state index is 0.00527. The first-order chi connectivity index (χ1) is 9.77. The fraction of sp³-hybridized carbons (Fsp3) is 0.800. The number of carboxylic acid groups (broad SMARTS) is 1. The molecule has 2 atom stereocenters. The lowest BCUT2D eigenvalue weighted by Crippen LogP contribution is -2.55. The molecule has 2 N–H and O–H groups in total. The van der Waals surface area contributed by atoms with Crippen LogP contribution in [0.2, 0.25) is 0 Å². The van der Waals surface area contributed by atoms with Crippen molar-refractivity contribution in [3.63, 3.8) is 0 Å². The third-order valence-corrected chi connectivity index (χ3v) is 4.43. The van der Waals surface area contributed by atoms with Crippen LogP contribution in [0.1, 0.15) is 46.0 Å². The number of carbonyl (C=O) groups is 3. The molecule has 118 valence electrons. The Morgan fingerprint density at radius 1 is 1.33 bits per heavy atom. The summed E-state index contributed by atoms with van der Waals surface area (Å²) in [4.78, 5) is 36.4. The number of aliphatic carboxylic acids is 1. The number of hydrogen-bond acceptors (Lipinski definition) is 3. The van der Waals surface area contributed by atoms with E-state index in [0.717, 1.165) is 12.8 Å². The first kappa shape index (κ1) is 15.8. The van der Waals surface area contributed by atoms with Crippen molar-refractivity contribution in [2.45, 2.75) is 52.0 Å². The van der Waals surface area contributed by atoms with Crippen molar-refractivity contribution in [3.8, 4) is 0 Å². The maximum absolute atomic E-state index is 12.4. The van der Waals surface area contributed by atoms with Crippen molar-refractivity contribution < 1.29 is 19.5 Å². The molecule has 6 nitrogen and oxygen atoms in total. The minimum Gasteiger partial charge on any atom is -0.481 e. The minimum atomic E-state index is -0.874. The lowest BCUT2D eigenvalue weighted by molar-refractivity contribution is -0.141. The molecule has 2 unspecified atom stereocenters. The Balaban J connectivity index is 1.89. The molecule has 6 heteroatoms. The number of nitrogens with one attached hydrogen (secondary N) is 1. The number of hydrogen-bond donors (Lipinski definition) is 2. The molecule has 0 bridgehead atoms. The summed E-state index contributed by atoms with van der Waals surface area (Å²) in [6.45, 7) is 4.94. The molecule has 2 heterocycles. The summed E-state index contributed by atoms with van der Waals surface area (Å²) >= 11 is 0. The van der Waals surface area contributed by atoms with Crippen LogP contribution >= 0.6 is 0 Å².